The Morgan fingerprint density at radius 2 is 2.29 bits per heavy atom. The number of fused-ring (bicyclic) bond motifs is 1. The van der Waals surface area contributed by atoms with E-state index in [9.17, 15) is 4.79 Å². The van der Waals surface area contributed by atoms with E-state index < -0.39 is 0 Å². The summed E-state index contributed by atoms with van der Waals surface area (Å²) in [5, 5.41) is 2.85. The van der Waals surface area contributed by atoms with E-state index >= 15 is 0 Å². The normalized spacial score (nSPS) is 11.0. The fraction of sp³-hybridized carbons (Fsp3) is 0.143. The Bertz CT molecular complexity index is 798. The third kappa shape index (κ3) is 2.68. The van der Waals surface area contributed by atoms with Gasteiger partial charge in [0.05, 0.1) is 23.4 Å². The van der Waals surface area contributed by atoms with Crippen molar-refractivity contribution in [3.8, 4) is 0 Å². The Labute approximate surface area is 138 Å². The third-order valence-corrected chi connectivity index (χ3v) is 5.58. The van der Waals surface area contributed by atoms with Gasteiger partial charge in [-0.15, -0.1) is 22.7 Å². The van der Waals surface area contributed by atoms with Crippen molar-refractivity contribution in [3.63, 3.8) is 0 Å². The molecule has 0 radical (unpaired) electrons. The quantitative estimate of drug-likeness (QED) is 0.746. The summed E-state index contributed by atoms with van der Waals surface area (Å²) in [5.74, 6) is -0.0754. The molecular weight excluding hydrogens is 370 g/mol. The van der Waals surface area contributed by atoms with Crippen LogP contribution >= 0.6 is 38.6 Å². The van der Waals surface area contributed by atoms with E-state index in [-0.39, 0.29) is 5.91 Å². The molecular formula is C14H12BrN3OS2. The van der Waals surface area contributed by atoms with Gasteiger partial charge in [0.2, 0.25) is 0 Å². The predicted molar refractivity (Wildman–Crippen MR) is 91.8 cm³/mol. The zero-order valence-electron chi connectivity index (χ0n) is 11.2. The van der Waals surface area contributed by atoms with Gasteiger partial charge in [0.15, 0.2) is 0 Å². The van der Waals surface area contributed by atoms with Gasteiger partial charge >= 0.3 is 0 Å². The second kappa shape index (κ2) is 5.75. The minimum atomic E-state index is -0.0754. The number of rotatable bonds is 3. The summed E-state index contributed by atoms with van der Waals surface area (Å²) in [5.41, 5.74) is 9.36. The molecule has 4 nitrogen and oxygen atoms in total. The van der Waals surface area contributed by atoms with Crippen LogP contribution in [0.4, 0.5) is 5.69 Å². The van der Waals surface area contributed by atoms with E-state index in [1.54, 1.807) is 17.5 Å². The smallest absolute Gasteiger partial charge is 0.266 e. The van der Waals surface area contributed by atoms with Gasteiger partial charge in [-0.1, -0.05) is 22.0 Å². The number of aromatic nitrogens is 1. The van der Waals surface area contributed by atoms with E-state index in [0.29, 0.717) is 17.1 Å². The number of carbonyl (C=O) groups is 1. The summed E-state index contributed by atoms with van der Waals surface area (Å²) in [6.45, 7) is 0.483. The highest BCUT2D eigenvalue weighted by molar-refractivity contribution is 9.10. The largest absolute Gasteiger partial charge is 0.397 e. The minimum absolute atomic E-state index is 0.0754. The molecule has 0 spiro atoms. The number of halogens is 1. The van der Waals surface area contributed by atoms with Gasteiger partial charge in [0.25, 0.3) is 5.91 Å². The number of nitrogen functional groups attached to an aromatic ring is 1. The molecule has 0 saturated carbocycles. The zero-order valence-corrected chi connectivity index (χ0v) is 14.4. The number of nitrogens with zero attached hydrogens (tertiary/aromatic N) is 2. The maximum absolute atomic E-state index is 12.6. The van der Waals surface area contributed by atoms with Crippen molar-refractivity contribution in [2.45, 2.75) is 6.54 Å². The van der Waals surface area contributed by atoms with Gasteiger partial charge in [-0.2, -0.15) is 0 Å². The van der Waals surface area contributed by atoms with Crippen molar-refractivity contribution < 1.29 is 4.79 Å². The van der Waals surface area contributed by atoms with Crippen LogP contribution in [0, 0.1) is 0 Å². The summed E-state index contributed by atoms with van der Waals surface area (Å²) in [7, 11) is 1.76. The molecule has 7 heteroatoms. The summed E-state index contributed by atoms with van der Waals surface area (Å²) < 4.78 is 1.92. The van der Waals surface area contributed by atoms with Crippen molar-refractivity contribution in [1.29, 1.82) is 0 Å². The first kappa shape index (κ1) is 14.5. The molecule has 1 amide bonds. The van der Waals surface area contributed by atoms with Crippen molar-refractivity contribution in [3.05, 3.63) is 44.1 Å². The molecule has 0 aliphatic carbocycles. The topological polar surface area (TPSA) is 59.2 Å². The molecule has 0 fully saturated rings. The Morgan fingerprint density at radius 3 is 2.95 bits per heavy atom. The average molecular weight is 382 g/mol. The SMILES string of the molecule is CN(Cc1cscn1)C(=O)c1sc2cccc(Br)c2c1N. The molecule has 3 aromatic rings. The highest BCUT2D eigenvalue weighted by atomic mass is 79.9. The first-order valence-electron chi connectivity index (χ1n) is 6.17. The molecule has 3 rings (SSSR count). The summed E-state index contributed by atoms with van der Waals surface area (Å²) in [6, 6.07) is 5.84. The number of hydrogen-bond donors (Lipinski definition) is 1. The minimum Gasteiger partial charge on any atom is -0.397 e. The van der Waals surface area contributed by atoms with Gasteiger partial charge in [0.1, 0.15) is 4.88 Å². The number of thiophene rings is 1. The summed E-state index contributed by atoms with van der Waals surface area (Å²) in [6.07, 6.45) is 0. The molecule has 0 atom stereocenters. The Kier molecular flexibility index (Phi) is 3.97. The fourth-order valence-electron chi connectivity index (χ4n) is 2.09. The number of thiazole rings is 1. The lowest BCUT2D eigenvalue weighted by Gasteiger charge is -2.15. The molecule has 2 heterocycles. The number of nitrogens with two attached hydrogens (primary N) is 1. The molecule has 1 aromatic carbocycles. The monoisotopic (exact) mass is 381 g/mol. The number of hydrogen-bond acceptors (Lipinski definition) is 5. The molecule has 0 saturated heterocycles. The lowest BCUT2D eigenvalue weighted by atomic mass is 10.2. The predicted octanol–water partition coefficient (Wildman–Crippen LogP) is 3.97. The number of benzene rings is 1. The zero-order chi connectivity index (χ0) is 15.0. The summed E-state index contributed by atoms with van der Waals surface area (Å²) in [4.78, 5) is 19.0. The molecule has 2 aromatic heterocycles. The van der Waals surface area contributed by atoms with Crippen LogP contribution in [0.15, 0.2) is 33.6 Å². The maximum Gasteiger partial charge on any atom is 0.266 e. The van der Waals surface area contributed by atoms with Crippen molar-refractivity contribution in [1.82, 2.24) is 9.88 Å². The Morgan fingerprint density at radius 1 is 1.48 bits per heavy atom. The van der Waals surface area contributed by atoms with Crippen LogP contribution in [-0.2, 0) is 6.54 Å². The molecule has 0 aliphatic heterocycles. The van der Waals surface area contributed by atoms with Gasteiger partial charge in [-0.25, -0.2) is 4.98 Å². The van der Waals surface area contributed by atoms with Crippen LogP contribution < -0.4 is 5.73 Å². The van der Waals surface area contributed by atoms with E-state index in [1.165, 1.54) is 22.7 Å². The van der Waals surface area contributed by atoms with Gasteiger partial charge in [-0.3, -0.25) is 4.79 Å². The number of amides is 1. The third-order valence-electron chi connectivity index (χ3n) is 3.12. The molecule has 0 aliphatic rings. The first-order valence-corrected chi connectivity index (χ1v) is 8.72. The van der Waals surface area contributed by atoms with Crippen LogP contribution in [0.1, 0.15) is 15.4 Å². The molecule has 108 valence electrons. The highest BCUT2D eigenvalue weighted by Gasteiger charge is 2.21. The van der Waals surface area contributed by atoms with Crippen molar-refractivity contribution in [2.75, 3.05) is 12.8 Å². The average Bonchev–Trinajstić information content (AvgIpc) is 3.07. The second-order valence-corrected chi connectivity index (χ2v) is 7.22. The van der Waals surface area contributed by atoms with Gasteiger partial charge in [-0.05, 0) is 12.1 Å². The molecule has 0 bridgehead atoms. The molecule has 0 unspecified atom stereocenters. The van der Waals surface area contributed by atoms with Crippen molar-refractivity contribution in [2.24, 2.45) is 0 Å². The fourth-order valence-corrected chi connectivity index (χ4v) is 4.50. The number of carbonyl (C=O) groups excluding carboxylic acids is 1. The van der Waals surface area contributed by atoms with E-state index in [0.717, 1.165) is 20.3 Å². The van der Waals surface area contributed by atoms with Gasteiger partial charge < -0.3 is 10.6 Å². The van der Waals surface area contributed by atoms with Crippen LogP contribution in [-0.4, -0.2) is 22.8 Å². The molecule has 21 heavy (non-hydrogen) atoms. The van der Waals surface area contributed by atoms with E-state index in [2.05, 4.69) is 20.9 Å². The summed E-state index contributed by atoms with van der Waals surface area (Å²) >= 11 is 6.43. The van der Waals surface area contributed by atoms with Gasteiger partial charge in [0, 0.05) is 27.0 Å². The maximum atomic E-state index is 12.6. The van der Waals surface area contributed by atoms with Crippen LogP contribution in [0.5, 0.6) is 0 Å². The van der Waals surface area contributed by atoms with Crippen LogP contribution in [0.3, 0.4) is 0 Å². The van der Waals surface area contributed by atoms with E-state index in [4.69, 9.17) is 5.73 Å². The number of anilines is 1. The lowest BCUT2D eigenvalue weighted by molar-refractivity contribution is 0.0789. The molecule has 2 N–H and O–H groups in total. The Hall–Kier alpha value is -1.44. The van der Waals surface area contributed by atoms with Crippen molar-refractivity contribution >= 4 is 60.3 Å². The first-order chi connectivity index (χ1) is 10.1. The second-order valence-electron chi connectivity index (χ2n) is 4.60. The lowest BCUT2D eigenvalue weighted by Crippen LogP contribution is -2.26. The van der Waals surface area contributed by atoms with Crippen LogP contribution in [0.2, 0.25) is 0 Å². The highest BCUT2D eigenvalue weighted by Crippen LogP contribution is 2.38. The Balaban J connectivity index is 1.94. The van der Waals surface area contributed by atoms with E-state index in [1.807, 2.05) is 23.6 Å². The van der Waals surface area contributed by atoms with Crippen LogP contribution in [0.25, 0.3) is 10.1 Å². The standard InChI is InChI=1S/C14H12BrN3OS2/c1-18(5-8-6-20-7-17-8)14(19)13-12(16)11-9(15)3-2-4-10(11)21-13/h2-4,6-7H,5,16H2,1H3.